The molecule has 8 heteroatoms. The number of piperidine rings is 1. The Bertz CT molecular complexity index is 744. The van der Waals surface area contributed by atoms with Crippen LogP contribution in [0.2, 0.25) is 0 Å². The summed E-state index contributed by atoms with van der Waals surface area (Å²) in [6, 6.07) is 3.88. The monoisotopic (exact) mass is 343 g/mol. The summed E-state index contributed by atoms with van der Waals surface area (Å²) in [4.78, 5) is 14.9. The van der Waals surface area contributed by atoms with E-state index in [1.807, 2.05) is 12.1 Å². The smallest absolute Gasteiger partial charge is 0.223 e. The summed E-state index contributed by atoms with van der Waals surface area (Å²) in [6.45, 7) is 2.20. The zero-order valence-electron chi connectivity index (χ0n) is 14.4. The second kappa shape index (κ2) is 6.59. The highest BCUT2D eigenvalue weighted by Gasteiger charge is 2.36. The van der Waals surface area contributed by atoms with Crippen molar-refractivity contribution in [1.29, 1.82) is 0 Å². The van der Waals surface area contributed by atoms with Crippen molar-refractivity contribution >= 4 is 17.4 Å². The number of aromatic nitrogens is 4. The second-order valence-corrected chi connectivity index (χ2v) is 7.27. The molecule has 4 rings (SSSR count). The van der Waals surface area contributed by atoms with Crippen LogP contribution in [0.4, 0.5) is 5.82 Å². The molecular formula is C17H25N7O. The van der Waals surface area contributed by atoms with Crippen LogP contribution in [0, 0.1) is 5.92 Å². The van der Waals surface area contributed by atoms with Gasteiger partial charge in [-0.2, -0.15) is 4.52 Å². The molecule has 0 spiro atoms. The minimum absolute atomic E-state index is 0.0684. The van der Waals surface area contributed by atoms with E-state index in [2.05, 4.69) is 25.5 Å². The third-order valence-corrected chi connectivity index (χ3v) is 5.68. The van der Waals surface area contributed by atoms with Gasteiger partial charge < -0.3 is 16.0 Å². The molecule has 2 fully saturated rings. The Hall–Kier alpha value is -2.22. The average molecular weight is 343 g/mol. The van der Waals surface area contributed by atoms with Gasteiger partial charge in [-0.25, -0.2) is 0 Å². The highest BCUT2D eigenvalue weighted by Crippen LogP contribution is 2.30. The molecule has 1 saturated heterocycles. The van der Waals surface area contributed by atoms with Crippen molar-refractivity contribution in [2.24, 2.45) is 11.7 Å². The standard InChI is InChI=1S/C17H25N7O/c18-11-17(7-1-2-8-17)20-16(25)13-5-9-23(10-6-13)15-4-3-14-21-19-12-24(14)22-15/h3-4,12-13H,1-2,5-11,18H2,(H,20,25). The molecule has 1 aliphatic heterocycles. The molecule has 0 bridgehead atoms. The van der Waals surface area contributed by atoms with Crippen molar-refractivity contribution in [3.05, 3.63) is 18.5 Å². The average Bonchev–Trinajstić information content (AvgIpc) is 3.31. The number of amides is 1. The minimum Gasteiger partial charge on any atom is -0.355 e. The molecule has 3 heterocycles. The zero-order chi connectivity index (χ0) is 17.3. The molecule has 1 saturated carbocycles. The topological polar surface area (TPSA) is 101 Å². The number of hydrogen-bond acceptors (Lipinski definition) is 6. The van der Waals surface area contributed by atoms with Gasteiger partial charge in [-0.15, -0.1) is 15.3 Å². The van der Waals surface area contributed by atoms with Crippen molar-refractivity contribution in [3.63, 3.8) is 0 Å². The number of carbonyl (C=O) groups is 1. The van der Waals surface area contributed by atoms with Crippen molar-refractivity contribution in [2.45, 2.75) is 44.1 Å². The Labute approximate surface area is 146 Å². The predicted octanol–water partition coefficient (Wildman–Crippen LogP) is 0.728. The van der Waals surface area contributed by atoms with Gasteiger partial charge in [-0.1, -0.05) is 12.8 Å². The summed E-state index contributed by atoms with van der Waals surface area (Å²) in [5.74, 6) is 1.15. The molecule has 134 valence electrons. The molecule has 0 aromatic carbocycles. The number of nitrogens with two attached hydrogens (primary N) is 1. The molecule has 8 nitrogen and oxygen atoms in total. The SMILES string of the molecule is NCC1(NC(=O)C2CCN(c3ccc4nncn4n3)CC2)CCCC1. The van der Waals surface area contributed by atoms with Crippen LogP contribution in [0.3, 0.4) is 0 Å². The number of nitrogens with zero attached hydrogens (tertiary/aromatic N) is 5. The lowest BCUT2D eigenvalue weighted by molar-refractivity contribution is -0.127. The maximum atomic E-state index is 12.7. The van der Waals surface area contributed by atoms with Crippen LogP contribution in [0.25, 0.3) is 5.65 Å². The minimum atomic E-state index is -0.158. The van der Waals surface area contributed by atoms with E-state index in [1.54, 1.807) is 10.8 Å². The first-order chi connectivity index (χ1) is 12.2. The van der Waals surface area contributed by atoms with E-state index in [-0.39, 0.29) is 17.4 Å². The van der Waals surface area contributed by atoms with Gasteiger partial charge in [-0.05, 0) is 37.8 Å². The fourth-order valence-corrected chi connectivity index (χ4v) is 4.05. The number of fused-ring (bicyclic) bond motifs is 1. The van der Waals surface area contributed by atoms with Crippen molar-refractivity contribution in [1.82, 2.24) is 25.1 Å². The molecule has 0 radical (unpaired) electrons. The van der Waals surface area contributed by atoms with Crippen molar-refractivity contribution in [3.8, 4) is 0 Å². The Morgan fingerprint density at radius 2 is 2.04 bits per heavy atom. The number of carbonyl (C=O) groups excluding carboxylic acids is 1. The molecule has 1 aliphatic carbocycles. The number of hydrogen-bond donors (Lipinski definition) is 2. The van der Waals surface area contributed by atoms with Crippen molar-refractivity contribution < 1.29 is 4.79 Å². The number of anilines is 1. The summed E-state index contributed by atoms with van der Waals surface area (Å²) in [7, 11) is 0. The van der Waals surface area contributed by atoms with E-state index in [0.29, 0.717) is 6.54 Å². The van der Waals surface area contributed by atoms with Gasteiger partial charge in [0.1, 0.15) is 12.1 Å². The van der Waals surface area contributed by atoms with Gasteiger partial charge >= 0.3 is 0 Å². The highest BCUT2D eigenvalue weighted by atomic mass is 16.2. The quantitative estimate of drug-likeness (QED) is 0.848. The third-order valence-electron chi connectivity index (χ3n) is 5.68. The predicted molar refractivity (Wildman–Crippen MR) is 94.1 cm³/mol. The largest absolute Gasteiger partial charge is 0.355 e. The highest BCUT2D eigenvalue weighted by molar-refractivity contribution is 5.80. The van der Waals surface area contributed by atoms with E-state index >= 15 is 0 Å². The maximum Gasteiger partial charge on any atom is 0.223 e. The third kappa shape index (κ3) is 3.18. The first-order valence-corrected chi connectivity index (χ1v) is 9.13. The van der Waals surface area contributed by atoms with Crippen LogP contribution in [0.1, 0.15) is 38.5 Å². The summed E-state index contributed by atoms with van der Waals surface area (Å²) in [5.41, 5.74) is 6.52. The van der Waals surface area contributed by atoms with E-state index in [0.717, 1.165) is 63.1 Å². The zero-order valence-corrected chi connectivity index (χ0v) is 14.4. The fourth-order valence-electron chi connectivity index (χ4n) is 4.05. The van der Waals surface area contributed by atoms with Crippen LogP contribution in [0.5, 0.6) is 0 Å². The number of nitrogens with one attached hydrogen (secondary N) is 1. The summed E-state index contributed by atoms with van der Waals surface area (Å²) in [5, 5.41) is 15.6. The molecule has 25 heavy (non-hydrogen) atoms. The van der Waals surface area contributed by atoms with Gasteiger partial charge in [0, 0.05) is 25.6 Å². The Balaban J connectivity index is 1.36. The molecule has 2 aliphatic rings. The van der Waals surface area contributed by atoms with Gasteiger partial charge in [-0.3, -0.25) is 4.79 Å². The lowest BCUT2D eigenvalue weighted by atomic mass is 9.92. The second-order valence-electron chi connectivity index (χ2n) is 7.27. The molecule has 3 N–H and O–H groups in total. The summed E-state index contributed by atoms with van der Waals surface area (Å²) >= 11 is 0. The van der Waals surface area contributed by atoms with Crippen molar-refractivity contribution in [2.75, 3.05) is 24.5 Å². The van der Waals surface area contributed by atoms with E-state index in [1.165, 1.54) is 0 Å². The summed E-state index contributed by atoms with van der Waals surface area (Å²) in [6.07, 6.45) is 7.63. The Kier molecular flexibility index (Phi) is 4.29. The van der Waals surface area contributed by atoms with E-state index in [9.17, 15) is 4.79 Å². The Morgan fingerprint density at radius 1 is 1.28 bits per heavy atom. The molecule has 2 aromatic heterocycles. The molecule has 0 unspecified atom stereocenters. The molecule has 1 amide bonds. The van der Waals surface area contributed by atoms with Crippen LogP contribution in [-0.4, -0.2) is 50.9 Å². The lowest BCUT2D eigenvalue weighted by Crippen LogP contribution is -2.54. The van der Waals surface area contributed by atoms with Crippen LogP contribution in [0.15, 0.2) is 18.5 Å². The first kappa shape index (κ1) is 16.3. The van der Waals surface area contributed by atoms with Crippen LogP contribution >= 0.6 is 0 Å². The lowest BCUT2D eigenvalue weighted by Gasteiger charge is -2.35. The van der Waals surface area contributed by atoms with Crippen LogP contribution < -0.4 is 16.0 Å². The number of rotatable bonds is 4. The molecule has 2 aromatic rings. The van der Waals surface area contributed by atoms with Gasteiger partial charge in [0.2, 0.25) is 5.91 Å². The molecule has 0 atom stereocenters. The van der Waals surface area contributed by atoms with Gasteiger partial charge in [0.05, 0.1) is 5.54 Å². The molecular weight excluding hydrogens is 318 g/mol. The fraction of sp³-hybridized carbons (Fsp3) is 0.647. The maximum absolute atomic E-state index is 12.7. The van der Waals surface area contributed by atoms with E-state index < -0.39 is 0 Å². The van der Waals surface area contributed by atoms with Gasteiger partial charge in [0.15, 0.2) is 5.65 Å². The normalized spacial score (nSPS) is 20.9. The van der Waals surface area contributed by atoms with Crippen LogP contribution in [-0.2, 0) is 4.79 Å². The Morgan fingerprint density at radius 3 is 2.76 bits per heavy atom. The van der Waals surface area contributed by atoms with Gasteiger partial charge in [0.25, 0.3) is 0 Å². The van der Waals surface area contributed by atoms with E-state index in [4.69, 9.17) is 5.73 Å². The summed E-state index contributed by atoms with van der Waals surface area (Å²) < 4.78 is 1.68. The first-order valence-electron chi connectivity index (χ1n) is 9.13.